The zero-order chi connectivity index (χ0) is 19.6. The number of aromatic amines is 1. The number of benzene rings is 2. The molecule has 0 atom stereocenters. The van der Waals surface area contributed by atoms with Crippen LogP contribution in [-0.2, 0) is 4.74 Å². The maximum atomic E-state index is 12.5. The van der Waals surface area contributed by atoms with Crippen LogP contribution in [0.2, 0.25) is 5.02 Å². The summed E-state index contributed by atoms with van der Waals surface area (Å²) in [5, 5.41) is 2.16. The van der Waals surface area contributed by atoms with Crippen LogP contribution in [0.5, 0.6) is 5.75 Å². The minimum atomic E-state index is -0.555. The lowest BCUT2D eigenvalue weighted by molar-refractivity contribution is 0.00719. The van der Waals surface area contributed by atoms with Crippen LogP contribution >= 0.6 is 27.5 Å². The highest BCUT2D eigenvalue weighted by Gasteiger charge is 2.21. The molecule has 0 amide bonds. The van der Waals surface area contributed by atoms with Gasteiger partial charge in [0.1, 0.15) is 11.4 Å². The average molecular weight is 451 g/mol. The molecule has 0 radical (unpaired) electrons. The number of nitrogens with one attached hydrogen (secondary N) is 1. The van der Waals surface area contributed by atoms with Gasteiger partial charge in [0.05, 0.1) is 17.2 Å². The quantitative estimate of drug-likeness (QED) is 0.371. The first-order valence-electron chi connectivity index (χ1n) is 8.61. The van der Waals surface area contributed by atoms with Crippen molar-refractivity contribution in [2.75, 3.05) is 11.9 Å². The van der Waals surface area contributed by atoms with Crippen LogP contribution in [-0.4, -0.2) is 28.5 Å². The smallest absolute Gasteiger partial charge is 0.340 e. The molecule has 0 unspecified atom stereocenters. The Balaban J connectivity index is 1.98. The van der Waals surface area contributed by atoms with Crippen molar-refractivity contribution >= 4 is 44.4 Å². The number of hydrogen-bond acceptors (Lipinski definition) is 3. The molecule has 0 fully saturated rings. The normalized spacial score (nSPS) is 11.6. The third kappa shape index (κ3) is 4.66. The predicted molar refractivity (Wildman–Crippen MR) is 113 cm³/mol. The second-order valence-corrected chi connectivity index (χ2v) is 8.34. The fraction of sp³-hybridized carbons (Fsp3) is 0.286. The summed E-state index contributed by atoms with van der Waals surface area (Å²) in [5.41, 5.74) is 2.53. The molecule has 0 aliphatic rings. The van der Waals surface area contributed by atoms with E-state index < -0.39 is 5.60 Å². The molecule has 0 saturated carbocycles. The summed E-state index contributed by atoms with van der Waals surface area (Å²) in [7, 11) is 0. The van der Waals surface area contributed by atoms with Crippen molar-refractivity contribution in [3.8, 4) is 16.9 Å². The summed E-state index contributed by atoms with van der Waals surface area (Å²) in [5.74, 6) is 0.437. The molecule has 27 heavy (non-hydrogen) atoms. The van der Waals surface area contributed by atoms with E-state index in [2.05, 4.69) is 20.9 Å². The summed E-state index contributed by atoms with van der Waals surface area (Å²) in [6.45, 7) is 6.15. The van der Waals surface area contributed by atoms with Gasteiger partial charge < -0.3 is 14.5 Å². The summed E-state index contributed by atoms with van der Waals surface area (Å²) in [6.07, 6.45) is 1.66. The zero-order valence-corrected chi connectivity index (χ0v) is 17.8. The Labute approximate surface area is 171 Å². The lowest BCUT2D eigenvalue weighted by atomic mass is 10.0. The maximum Gasteiger partial charge on any atom is 0.340 e. The highest BCUT2D eigenvalue weighted by molar-refractivity contribution is 9.09. The molecule has 142 valence electrons. The van der Waals surface area contributed by atoms with Crippen LogP contribution in [0.3, 0.4) is 0 Å². The largest absolute Gasteiger partial charge is 0.493 e. The number of hydrogen-bond donors (Lipinski definition) is 1. The second kappa shape index (κ2) is 7.95. The van der Waals surface area contributed by atoms with E-state index in [0.29, 0.717) is 17.2 Å². The number of H-pyrrole nitrogens is 1. The van der Waals surface area contributed by atoms with Gasteiger partial charge in [-0.15, -0.1) is 0 Å². The van der Waals surface area contributed by atoms with Crippen molar-refractivity contribution in [3.05, 3.63) is 53.2 Å². The summed E-state index contributed by atoms with van der Waals surface area (Å²) in [6, 6.07) is 11.5. The van der Waals surface area contributed by atoms with E-state index in [1.165, 1.54) is 0 Å². The van der Waals surface area contributed by atoms with Gasteiger partial charge in [-0.1, -0.05) is 39.7 Å². The van der Waals surface area contributed by atoms with Gasteiger partial charge in [-0.2, -0.15) is 0 Å². The number of carbonyl (C=O) groups is 1. The third-order valence-corrected chi connectivity index (χ3v) is 4.54. The number of halogens is 2. The van der Waals surface area contributed by atoms with E-state index in [4.69, 9.17) is 21.1 Å². The van der Waals surface area contributed by atoms with E-state index >= 15 is 0 Å². The molecule has 1 N–H and O–H groups in total. The number of alkyl halides is 1. The van der Waals surface area contributed by atoms with Gasteiger partial charge in [0.25, 0.3) is 0 Å². The number of ether oxygens (including phenoxy) is 2. The first-order valence-corrected chi connectivity index (χ1v) is 10.1. The van der Waals surface area contributed by atoms with E-state index in [1.54, 1.807) is 6.20 Å². The minimum Gasteiger partial charge on any atom is -0.493 e. The van der Waals surface area contributed by atoms with E-state index in [9.17, 15) is 4.79 Å². The SMILES string of the molecule is CC(C)(C)OC(=O)c1c[nH]c2cc(Cl)c(-c3ccc(OCCBr)cc3)cc12. The number of aromatic nitrogens is 1. The number of fused-ring (bicyclic) bond motifs is 1. The molecule has 0 spiro atoms. The maximum absolute atomic E-state index is 12.5. The Bertz CT molecular complexity index is 958. The van der Waals surface area contributed by atoms with Crippen molar-refractivity contribution in [1.82, 2.24) is 4.98 Å². The highest BCUT2D eigenvalue weighted by atomic mass is 79.9. The van der Waals surface area contributed by atoms with E-state index in [-0.39, 0.29) is 5.97 Å². The topological polar surface area (TPSA) is 51.3 Å². The molecule has 4 nitrogen and oxygen atoms in total. The number of rotatable bonds is 5. The van der Waals surface area contributed by atoms with Crippen molar-refractivity contribution in [2.24, 2.45) is 0 Å². The Hall–Kier alpha value is -1.98. The average Bonchev–Trinajstić information content (AvgIpc) is 3.01. The first-order chi connectivity index (χ1) is 12.8. The molecule has 1 heterocycles. The fourth-order valence-electron chi connectivity index (χ4n) is 2.75. The molecular weight excluding hydrogens is 430 g/mol. The molecule has 3 rings (SSSR count). The summed E-state index contributed by atoms with van der Waals surface area (Å²) in [4.78, 5) is 15.6. The van der Waals surface area contributed by atoms with Gasteiger partial charge in [0.2, 0.25) is 0 Å². The molecule has 0 aliphatic heterocycles. The second-order valence-electron chi connectivity index (χ2n) is 7.14. The van der Waals surface area contributed by atoms with Crippen LogP contribution in [0.4, 0.5) is 0 Å². The van der Waals surface area contributed by atoms with E-state index in [1.807, 2.05) is 57.2 Å². The van der Waals surface area contributed by atoms with Gasteiger partial charge in [0, 0.05) is 28.0 Å². The number of esters is 1. The minimum absolute atomic E-state index is 0.361. The van der Waals surface area contributed by atoms with Crippen LogP contribution in [0.25, 0.3) is 22.0 Å². The van der Waals surface area contributed by atoms with Gasteiger partial charge in [-0.25, -0.2) is 4.79 Å². The van der Waals surface area contributed by atoms with Crippen molar-refractivity contribution in [1.29, 1.82) is 0 Å². The molecule has 0 aliphatic carbocycles. The van der Waals surface area contributed by atoms with Gasteiger partial charge >= 0.3 is 5.97 Å². The highest BCUT2D eigenvalue weighted by Crippen LogP contribution is 2.34. The molecule has 1 aromatic heterocycles. The standard InChI is InChI=1S/C21H21BrClNO3/c1-21(2,3)27-20(25)17-12-24-19-11-18(23)15(10-16(17)19)13-4-6-14(7-5-13)26-9-8-22/h4-7,10-12,24H,8-9H2,1-3H3. The van der Waals surface area contributed by atoms with Crippen molar-refractivity contribution in [3.63, 3.8) is 0 Å². The van der Waals surface area contributed by atoms with Crippen LogP contribution < -0.4 is 4.74 Å². The molecule has 0 bridgehead atoms. The summed E-state index contributed by atoms with van der Waals surface area (Å²) >= 11 is 9.82. The molecular formula is C21H21BrClNO3. The van der Waals surface area contributed by atoms with Gasteiger partial charge in [0.15, 0.2) is 0 Å². The molecule has 3 aromatic rings. The van der Waals surface area contributed by atoms with Crippen molar-refractivity contribution in [2.45, 2.75) is 26.4 Å². The predicted octanol–water partition coefficient (Wildman–Crippen LogP) is 6.22. The van der Waals surface area contributed by atoms with Gasteiger partial charge in [-0.05, 0) is 50.6 Å². The van der Waals surface area contributed by atoms with E-state index in [0.717, 1.165) is 33.1 Å². The third-order valence-electron chi connectivity index (χ3n) is 3.90. The molecule has 6 heteroatoms. The first kappa shape index (κ1) is 19.8. The fourth-order valence-corrected chi connectivity index (χ4v) is 3.19. The monoisotopic (exact) mass is 449 g/mol. The van der Waals surface area contributed by atoms with Crippen molar-refractivity contribution < 1.29 is 14.3 Å². The molecule has 2 aromatic carbocycles. The zero-order valence-electron chi connectivity index (χ0n) is 15.4. The van der Waals surface area contributed by atoms with Gasteiger partial charge in [-0.3, -0.25) is 0 Å². The van der Waals surface area contributed by atoms with Crippen LogP contribution in [0, 0.1) is 0 Å². The summed E-state index contributed by atoms with van der Waals surface area (Å²) < 4.78 is 11.1. The lowest BCUT2D eigenvalue weighted by Gasteiger charge is -2.19. The Morgan fingerprint density at radius 2 is 1.89 bits per heavy atom. The number of carbonyl (C=O) groups excluding carboxylic acids is 1. The Morgan fingerprint density at radius 1 is 1.19 bits per heavy atom. The molecule has 0 saturated heterocycles. The lowest BCUT2D eigenvalue weighted by Crippen LogP contribution is -2.23. The Morgan fingerprint density at radius 3 is 2.52 bits per heavy atom. The Kier molecular flexibility index (Phi) is 5.82. The van der Waals surface area contributed by atoms with Crippen LogP contribution in [0.15, 0.2) is 42.6 Å². The van der Waals surface area contributed by atoms with Crippen LogP contribution in [0.1, 0.15) is 31.1 Å².